The predicted molar refractivity (Wildman–Crippen MR) is 76.0 cm³/mol. The fourth-order valence-corrected chi connectivity index (χ4v) is 3.61. The summed E-state index contributed by atoms with van der Waals surface area (Å²) in [4.78, 5) is 8.66. The first-order valence-corrected chi connectivity index (χ1v) is 6.91. The number of nitrogens with one attached hydrogen (secondary N) is 3. The maximum atomic E-state index is 6.40. The zero-order chi connectivity index (χ0) is 12.3. The lowest BCUT2D eigenvalue weighted by atomic mass is 10.2. The van der Waals surface area contributed by atoms with Gasteiger partial charge in [-0.05, 0) is 30.8 Å². The van der Waals surface area contributed by atoms with Crippen LogP contribution in [-0.2, 0) is 0 Å². The van der Waals surface area contributed by atoms with Gasteiger partial charge in [0, 0.05) is 25.2 Å². The zero-order valence-corrected chi connectivity index (χ0v) is 11.2. The van der Waals surface area contributed by atoms with E-state index in [9.17, 15) is 0 Å². The smallest absolute Gasteiger partial charge is 0.175 e. The van der Waals surface area contributed by atoms with Gasteiger partial charge in [0.25, 0.3) is 0 Å². The van der Waals surface area contributed by atoms with Gasteiger partial charge in [0.2, 0.25) is 0 Å². The van der Waals surface area contributed by atoms with E-state index in [0.29, 0.717) is 16.9 Å². The van der Waals surface area contributed by atoms with E-state index in [0.717, 1.165) is 34.8 Å². The normalized spacial score (nSPS) is 26.4. The lowest BCUT2D eigenvalue weighted by Crippen LogP contribution is -2.43. The van der Waals surface area contributed by atoms with Crippen molar-refractivity contribution in [2.75, 3.05) is 18.0 Å². The fourth-order valence-electron chi connectivity index (χ4n) is 3.12. The van der Waals surface area contributed by atoms with E-state index < -0.39 is 0 Å². The summed E-state index contributed by atoms with van der Waals surface area (Å²) in [6.45, 7) is 2.10. The van der Waals surface area contributed by atoms with Crippen molar-refractivity contribution in [3.63, 3.8) is 0 Å². The summed E-state index contributed by atoms with van der Waals surface area (Å²) in [6, 6.07) is 5.25. The molecule has 4 nitrogen and oxygen atoms in total. The molecule has 2 fully saturated rings. The van der Waals surface area contributed by atoms with E-state index >= 15 is 0 Å². The first kappa shape index (κ1) is 10.8. The number of imidazole rings is 1. The summed E-state index contributed by atoms with van der Waals surface area (Å²) in [5, 5.41) is 4.29. The third kappa shape index (κ3) is 1.51. The Balaban J connectivity index is 1.84. The zero-order valence-electron chi connectivity index (χ0n) is 9.66. The first-order chi connectivity index (χ1) is 8.70. The van der Waals surface area contributed by atoms with Crippen LogP contribution in [0.3, 0.4) is 0 Å². The maximum absolute atomic E-state index is 6.40. The van der Waals surface area contributed by atoms with Gasteiger partial charge in [-0.1, -0.05) is 11.6 Å². The van der Waals surface area contributed by atoms with Gasteiger partial charge in [-0.3, -0.25) is 0 Å². The molecule has 0 amide bonds. The molecule has 2 aliphatic rings. The van der Waals surface area contributed by atoms with E-state index in [1.807, 2.05) is 6.07 Å². The number of anilines is 1. The minimum atomic E-state index is 0.576. The van der Waals surface area contributed by atoms with Crippen molar-refractivity contribution in [2.24, 2.45) is 0 Å². The van der Waals surface area contributed by atoms with E-state index in [1.165, 1.54) is 6.42 Å². The third-order valence-corrected chi connectivity index (χ3v) is 4.46. The summed E-state index contributed by atoms with van der Waals surface area (Å²) in [6.07, 6.45) is 1.22. The Bertz CT molecular complexity index is 676. The Morgan fingerprint density at radius 2 is 2.06 bits per heavy atom. The van der Waals surface area contributed by atoms with Crippen molar-refractivity contribution >= 4 is 40.5 Å². The van der Waals surface area contributed by atoms with Crippen molar-refractivity contribution in [3.05, 3.63) is 21.9 Å². The second kappa shape index (κ2) is 3.73. The number of aromatic nitrogens is 2. The molecule has 94 valence electrons. The molecule has 18 heavy (non-hydrogen) atoms. The van der Waals surface area contributed by atoms with Gasteiger partial charge in [0.05, 0.1) is 21.7 Å². The number of aromatic amines is 2. The molecule has 6 heteroatoms. The van der Waals surface area contributed by atoms with Gasteiger partial charge >= 0.3 is 0 Å². The van der Waals surface area contributed by atoms with Gasteiger partial charge in [0.15, 0.2) is 4.77 Å². The van der Waals surface area contributed by atoms with E-state index in [1.54, 1.807) is 0 Å². The van der Waals surface area contributed by atoms with Crippen molar-refractivity contribution in [3.8, 4) is 0 Å². The van der Waals surface area contributed by atoms with Crippen molar-refractivity contribution in [1.82, 2.24) is 15.3 Å². The maximum Gasteiger partial charge on any atom is 0.175 e. The molecule has 0 radical (unpaired) electrons. The molecule has 2 bridgehead atoms. The molecule has 2 saturated heterocycles. The van der Waals surface area contributed by atoms with Gasteiger partial charge < -0.3 is 20.2 Å². The average Bonchev–Trinajstić information content (AvgIpc) is 3.00. The highest BCUT2D eigenvalue weighted by atomic mass is 35.5. The summed E-state index contributed by atoms with van der Waals surface area (Å²) in [5.41, 5.74) is 3.11. The minimum Gasteiger partial charge on any atom is -0.364 e. The molecule has 3 N–H and O–H groups in total. The molecule has 3 heterocycles. The Morgan fingerprint density at radius 1 is 1.28 bits per heavy atom. The molecule has 4 rings (SSSR count). The van der Waals surface area contributed by atoms with E-state index in [4.69, 9.17) is 23.8 Å². The number of fused-ring (bicyclic) bond motifs is 3. The number of nitrogens with zero attached hydrogens (tertiary/aromatic N) is 1. The number of rotatable bonds is 1. The van der Waals surface area contributed by atoms with Crippen molar-refractivity contribution in [2.45, 2.75) is 18.5 Å². The molecular weight excluding hydrogens is 268 g/mol. The second-order valence-corrected chi connectivity index (χ2v) is 5.89. The molecule has 0 unspecified atom stereocenters. The highest BCUT2D eigenvalue weighted by Gasteiger charge is 2.38. The Labute approximate surface area is 114 Å². The van der Waals surface area contributed by atoms with Gasteiger partial charge in [-0.25, -0.2) is 0 Å². The quantitative estimate of drug-likeness (QED) is 0.703. The van der Waals surface area contributed by atoms with Crippen LogP contribution in [0.2, 0.25) is 5.02 Å². The summed E-state index contributed by atoms with van der Waals surface area (Å²) in [7, 11) is 0. The van der Waals surface area contributed by atoms with Crippen LogP contribution in [-0.4, -0.2) is 35.1 Å². The Kier molecular flexibility index (Phi) is 2.24. The minimum absolute atomic E-state index is 0.576. The molecule has 2 aliphatic heterocycles. The van der Waals surface area contributed by atoms with Crippen LogP contribution in [0.4, 0.5) is 5.69 Å². The highest BCUT2D eigenvalue weighted by Crippen LogP contribution is 2.36. The number of benzene rings is 1. The number of piperazine rings is 1. The van der Waals surface area contributed by atoms with Crippen LogP contribution in [0, 0.1) is 4.77 Å². The van der Waals surface area contributed by atoms with Crippen LogP contribution in [0.5, 0.6) is 0 Å². The van der Waals surface area contributed by atoms with Gasteiger partial charge in [-0.2, -0.15) is 0 Å². The number of H-pyrrole nitrogens is 2. The third-order valence-electron chi connectivity index (χ3n) is 3.95. The van der Waals surface area contributed by atoms with Gasteiger partial charge in [-0.15, -0.1) is 0 Å². The first-order valence-electron chi connectivity index (χ1n) is 6.12. The van der Waals surface area contributed by atoms with E-state index in [2.05, 4.69) is 26.3 Å². The largest absolute Gasteiger partial charge is 0.364 e. The lowest BCUT2D eigenvalue weighted by Gasteiger charge is -2.30. The second-order valence-electron chi connectivity index (χ2n) is 5.08. The molecule has 1 aromatic carbocycles. The van der Waals surface area contributed by atoms with Crippen LogP contribution >= 0.6 is 23.8 Å². The summed E-state index contributed by atoms with van der Waals surface area (Å²) >= 11 is 11.5. The Hall–Kier alpha value is -1.04. The summed E-state index contributed by atoms with van der Waals surface area (Å²) < 4.78 is 0.642. The standard InChI is InChI=1S/C12H13ClN4S/c13-8-2-9-10(16-12(18)15-9)3-11(8)17-5-6-1-7(17)4-14-6/h2-3,6-7,14H,1,4-5H2,(H2,15,16,18)/t6-,7-/m0/s1. The monoisotopic (exact) mass is 280 g/mol. The van der Waals surface area contributed by atoms with Crippen LogP contribution in [0.25, 0.3) is 11.0 Å². The van der Waals surface area contributed by atoms with Gasteiger partial charge in [0.1, 0.15) is 0 Å². The van der Waals surface area contributed by atoms with Crippen LogP contribution in [0.15, 0.2) is 12.1 Å². The number of hydrogen-bond donors (Lipinski definition) is 3. The lowest BCUT2D eigenvalue weighted by molar-refractivity contribution is 0.580. The average molecular weight is 281 g/mol. The molecule has 2 aromatic rings. The van der Waals surface area contributed by atoms with Crippen molar-refractivity contribution < 1.29 is 0 Å². The predicted octanol–water partition coefficient (Wildman–Crippen LogP) is 2.43. The molecule has 2 atom stereocenters. The molecule has 1 aromatic heterocycles. The highest BCUT2D eigenvalue weighted by molar-refractivity contribution is 7.71. The summed E-state index contributed by atoms with van der Waals surface area (Å²) in [5.74, 6) is 0. The molecule has 0 aliphatic carbocycles. The number of halogens is 1. The Morgan fingerprint density at radius 3 is 2.72 bits per heavy atom. The molecule has 0 spiro atoms. The molecular formula is C12H13ClN4S. The fraction of sp³-hybridized carbons (Fsp3) is 0.417. The number of hydrogen-bond acceptors (Lipinski definition) is 3. The van der Waals surface area contributed by atoms with E-state index in [-0.39, 0.29) is 0 Å². The van der Waals surface area contributed by atoms with Crippen molar-refractivity contribution in [1.29, 1.82) is 0 Å². The SMILES string of the molecule is S=c1[nH]c2cc(Cl)c(N3C[C@@H]4C[C@H]3CN4)cc2[nH]1. The van der Waals surface area contributed by atoms with Crippen LogP contribution in [0.1, 0.15) is 6.42 Å². The topological polar surface area (TPSA) is 46.9 Å². The van der Waals surface area contributed by atoms with Crippen LogP contribution < -0.4 is 10.2 Å². The molecule has 0 saturated carbocycles.